The van der Waals surface area contributed by atoms with E-state index >= 15 is 0 Å². The van der Waals surface area contributed by atoms with E-state index in [4.69, 9.17) is 6.42 Å². The quantitative estimate of drug-likeness (QED) is 0.547. The number of para-hydroxylation sites is 1. The van der Waals surface area contributed by atoms with E-state index in [0.717, 1.165) is 43.3 Å². The Hall–Kier alpha value is -3.04. The van der Waals surface area contributed by atoms with E-state index in [9.17, 15) is 9.59 Å². The van der Waals surface area contributed by atoms with Crippen LogP contribution >= 0.6 is 11.3 Å². The molecule has 5 nitrogen and oxygen atoms in total. The molecule has 3 aromatic rings. The molecule has 1 spiro atoms. The average Bonchev–Trinajstić information content (AvgIpc) is 3.14. The first-order chi connectivity index (χ1) is 15.5. The number of piperidine rings is 1. The van der Waals surface area contributed by atoms with Gasteiger partial charge in [0.25, 0.3) is 5.91 Å². The average molecular weight is 446 g/mol. The third-order valence-electron chi connectivity index (χ3n) is 7.19. The molecule has 2 aliphatic rings. The van der Waals surface area contributed by atoms with Crippen molar-refractivity contribution >= 4 is 34.1 Å². The summed E-state index contributed by atoms with van der Waals surface area (Å²) in [4.78, 5) is 29.8. The second-order valence-corrected chi connectivity index (χ2v) is 9.81. The zero-order valence-corrected chi connectivity index (χ0v) is 19.1. The fraction of sp³-hybridized carbons (Fsp3) is 0.385. The SMILES string of the molecule is C#CCn1c(C(=O)N2CCC3(CC2)CC3N(Cc2ccsc2)C(C)=O)cc2ccccc21. The molecule has 164 valence electrons. The number of nitrogens with zero attached hydrogens (tertiary/aromatic N) is 3. The molecule has 0 N–H and O–H groups in total. The molecule has 2 amide bonds. The van der Waals surface area contributed by atoms with Gasteiger partial charge in [0, 0.05) is 43.5 Å². The molecule has 3 heterocycles. The van der Waals surface area contributed by atoms with E-state index < -0.39 is 0 Å². The van der Waals surface area contributed by atoms with E-state index in [-0.39, 0.29) is 23.3 Å². The molecule has 1 saturated heterocycles. The van der Waals surface area contributed by atoms with E-state index in [1.807, 2.05) is 44.7 Å². The molecule has 1 aliphatic heterocycles. The van der Waals surface area contributed by atoms with Gasteiger partial charge in [-0.1, -0.05) is 24.1 Å². The van der Waals surface area contributed by atoms with Gasteiger partial charge in [-0.25, -0.2) is 0 Å². The summed E-state index contributed by atoms with van der Waals surface area (Å²) in [7, 11) is 0. The zero-order valence-electron chi connectivity index (χ0n) is 18.3. The van der Waals surface area contributed by atoms with Crippen LogP contribution in [0, 0.1) is 17.8 Å². The molecule has 2 aromatic heterocycles. The highest BCUT2D eigenvalue weighted by Gasteiger charge is 2.58. The number of hydrogen-bond acceptors (Lipinski definition) is 3. The number of hydrogen-bond donors (Lipinski definition) is 0. The summed E-state index contributed by atoms with van der Waals surface area (Å²) < 4.78 is 1.94. The maximum absolute atomic E-state index is 13.4. The van der Waals surface area contributed by atoms with Gasteiger partial charge >= 0.3 is 0 Å². The molecule has 5 rings (SSSR count). The van der Waals surface area contributed by atoms with E-state index in [1.165, 1.54) is 5.56 Å². The highest BCUT2D eigenvalue weighted by molar-refractivity contribution is 7.07. The molecule has 1 aliphatic carbocycles. The van der Waals surface area contributed by atoms with Crippen molar-refractivity contribution in [2.24, 2.45) is 5.41 Å². The van der Waals surface area contributed by atoms with Crippen LogP contribution in [0.4, 0.5) is 0 Å². The molecule has 1 aromatic carbocycles. The monoisotopic (exact) mass is 445 g/mol. The standard InChI is InChI=1S/C26H27N3O2S/c1-3-11-28-22-7-5-4-6-21(22)15-23(28)25(31)27-12-9-26(10-13-27)16-24(26)29(19(2)30)17-20-8-14-32-18-20/h1,4-8,14-15,18,24H,9-13,16-17H2,2H3. The van der Waals surface area contributed by atoms with Crippen molar-refractivity contribution in [3.63, 3.8) is 0 Å². The number of carbonyl (C=O) groups excluding carboxylic acids is 2. The van der Waals surface area contributed by atoms with Crippen molar-refractivity contribution < 1.29 is 9.59 Å². The third-order valence-corrected chi connectivity index (χ3v) is 7.92. The zero-order chi connectivity index (χ0) is 22.3. The molecule has 1 unspecified atom stereocenters. The Labute approximate surface area is 192 Å². The van der Waals surface area contributed by atoms with Gasteiger partial charge in [0.05, 0.1) is 6.54 Å². The molecule has 1 atom stereocenters. The van der Waals surface area contributed by atoms with E-state index in [1.54, 1.807) is 18.3 Å². The first kappa shape index (κ1) is 20.8. The normalized spacial score (nSPS) is 19.1. The van der Waals surface area contributed by atoms with Gasteiger partial charge in [-0.3, -0.25) is 9.59 Å². The number of amides is 2. The fourth-order valence-electron chi connectivity index (χ4n) is 5.29. The van der Waals surface area contributed by atoms with Gasteiger partial charge in [0.2, 0.25) is 5.91 Å². The van der Waals surface area contributed by atoms with Crippen molar-refractivity contribution in [1.29, 1.82) is 0 Å². The van der Waals surface area contributed by atoms with Crippen LogP contribution in [0.15, 0.2) is 47.2 Å². The van der Waals surface area contributed by atoms with Crippen LogP contribution < -0.4 is 0 Å². The Balaban J connectivity index is 1.29. The Kier molecular flexibility index (Phi) is 5.30. The van der Waals surface area contributed by atoms with Gasteiger partial charge < -0.3 is 14.4 Å². The lowest BCUT2D eigenvalue weighted by atomic mass is 9.92. The Morgan fingerprint density at radius 3 is 2.72 bits per heavy atom. The number of likely N-dealkylation sites (tertiary alicyclic amines) is 1. The molecule has 0 bridgehead atoms. The van der Waals surface area contributed by atoms with Crippen LogP contribution in [0.2, 0.25) is 0 Å². The smallest absolute Gasteiger partial charge is 0.270 e. The summed E-state index contributed by atoms with van der Waals surface area (Å²) in [6.45, 7) is 4.17. The summed E-state index contributed by atoms with van der Waals surface area (Å²) in [6.07, 6.45) is 8.50. The highest BCUT2D eigenvalue weighted by atomic mass is 32.1. The minimum absolute atomic E-state index is 0.0465. The van der Waals surface area contributed by atoms with Crippen molar-refractivity contribution in [2.45, 2.75) is 45.3 Å². The van der Waals surface area contributed by atoms with Crippen LogP contribution in [-0.2, 0) is 17.9 Å². The Bertz CT molecular complexity index is 1200. The first-order valence-electron chi connectivity index (χ1n) is 11.1. The lowest BCUT2D eigenvalue weighted by Crippen LogP contribution is -2.43. The van der Waals surface area contributed by atoms with Gasteiger partial charge in [0.1, 0.15) is 5.69 Å². The summed E-state index contributed by atoms with van der Waals surface area (Å²) in [6, 6.07) is 12.3. The molecule has 0 radical (unpaired) electrons. The van der Waals surface area contributed by atoms with Crippen molar-refractivity contribution in [3.05, 3.63) is 58.4 Å². The van der Waals surface area contributed by atoms with Crippen LogP contribution in [0.25, 0.3) is 10.9 Å². The summed E-state index contributed by atoms with van der Waals surface area (Å²) in [5.41, 5.74) is 3.01. The van der Waals surface area contributed by atoms with Crippen LogP contribution in [-0.4, -0.2) is 45.3 Å². The van der Waals surface area contributed by atoms with Crippen molar-refractivity contribution in [2.75, 3.05) is 13.1 Å². The van der Waals surface area contributed by atoms with Crippen molar-refractivity contribution in [1.82, 2.24) is 14.4 Å². The molecule has 2 fully saturated rings. The van der Waals surface area contributed by atoms with Gasteiger partial charge in [-0.15, -0.1) is 6.42 Å². The largest absolute Gasteiger partial charge is 0.337 e. The number of aromatic nitrogens is 1. The number of carbonyl (C=O) groups is 2. The van der Waals surface area contributed by atoms with Crippen molar-refractivity contribution in [3.8, 4) is 12.3 Å². The molecule has 1 saturated carbocycles. The lowest BCUT2D eigenvalue weighted by Gasteiger charge is -2.35. The predicted octanol–water partition coefficient (Wildman–Crippen LogP) is 4.38. The Morgan fingerprint density at radius 1 is 1.25 bits per heavy atom. The fourth-order valence-corrected chi connectivity index (χ4v) is 5.95. The molecule has 6 heteroatoms. The molecular formula is C26H27N3O2S. The number of benzene rings is 1. The lowest BCUT2D eigenvalue weighted by molar-refractivity contribution is -0.130. The second-order valence-electron chi connectivity index (χ2n) is 9.03. The summed E-state index contributed by atoms with van der Waals surface area (Å²) >= 11 is 1.66. The van der Waals surface area contributed by atoms with Crippen LogP contribution in [0.1, 0.15) is 42.2 Å². The topological polar surface area (TPSA) is 45.6 Å². The third kappa shape index (κ3) is 3.61. The summed E-state index contributed by atoms with van der Waals surface area (Å²) in [5, 5.41) is 5.20. The minimum atomic E-state index is 0.0465. The number of terminal acetylenes is 1. The highest BCUT2D eigenvalue weighted by Crippen LogP contribution is 2.57. The van der Waals surface area contributed by atoms with E-state index in [0.29, 0.717) is 18.8 Å². The van der Waals surface area contributed by atoms with Gasteiger partial charge in [-0.2, -0.15) is 11.3 Å². The molecular weight excluding hydrogens is 418 g/mol. The van der Waals surface area contributed by atoms with Gasteiger partial charge in [0.15, 0.2) is 0 Å². The number of rotatable bonds is 5. The second kappa shape index (κ2) is 8.14. The van der Waals surface area contributed by atoms with E-state index in [2.05, 4.69) is 22.7 Å². The number of fused-ring (bicyclic) bond motifs is 1. The maximum Gasteiger partial charge on any atom is 0.270 e. The predicted molar refractivity (Wildman–Crippen MR) is 127 cm³/mol. The molecule has 32 heavy (non-hydrogen) atoms. The Morgan fingerprint density at radius 2 is 2.03 bits per heavy atom. The minimum Gasteiger partial charge on any atom is -0.337 e. The summed E-state index contributed by atoms with van der Waals surface area (Å²) in [5.74, 6) is 2.87. The van der Waals surface area contributed by atoms with Gasteiger partial charge in [-0.05, 0) is 59.2 Å². The van der Waals surface area contributed by atoms with Crippen LogP contribution in [0.5, 0.6) is 0 Å². The first-order valence-corrected chi connectivity index (χ1v) is 12.1. The maximum atomic E-state index is 13.4. The number of thiophene rings is 1. The van der Waals surface area contributed by atoms with Crippen LogP contribution in [0.3, 0.4) is 0 Å².